The zero-order valence-electron chi connectivity index (χ0n) is 16.3. The standard InChI is InChI=1S/C18H21ClF3N7/c1-10-6-7-28(9-10)17-24-15(27(3)26-17)5-4-14-23-16-12(18(20,21)22)8-13(19)11(2)29(16)25-14/h8,10H,4-7,9H2,1-3H3. The smallest absolute Gasteiger partial charge is 0.339 e. The van der Waals surface area contributed by atoms with Gasteiger partial charge in [0.05, 0.1) is 10.7 Å². The first-order valence-corrected chi connectivity index (χ1v) is 9.78. The van der Waals surface area contributed by atoms with Gasteiger partial charge in [0, 0.05) is 33.0 Å². The van der Waals surface area contributed by atoms with Crippen LogP contribution in [0.4, 0.5) is 19.1 Å². The molecule has 1 fully saturated rings. The number of hydrogen-bond donors (Lipinski definition) is 0. The fourth-order valence-corrected chi connectivity index (χ4v) is 3.76. The monoisotopic (exact) mass is 427 g/mol. The van der Waals surface area contributed by atoms with Crippen LogP contribution in [0.25, 0.3) is 5.65 Å². The Morgan fingerprint density at radius 3 is 2.62 bits per heavy atom. The maximum atomic E-state index is 13.4. The van der Waals surface area contributed by atoms with Gasteiger partial charge in [0.2, 0.25) is 5.95 Å². The Morgan fingerprint density at radius 1 is 1.21 bits per heavy atom. The van der Waals surface area contributed by atoms with Gasteiger partial charge in [-0.3, -0.25) is 4.68 Å². The molecule has 1 atom stereocenters. The number of aryl methyl sites for hydroxylation is 4. The van der Waals surface area contributed by atoms with Crippen LogP contribution in [0, 0.1) is 12.8 Å². The minimum absolute atomic E-state index is 0.000871. The largest absolute Gasteiger partial charge is 0.420 e. The second-order valence-electron chi connectivity index (χ2n) is 7.54. The Morgan fingerprint density at radius 2 is 1.97 bits per heavy atom. The molecular weight excluding hydrogens is 407 g/mol. The van der Waals surface area contributed by atoms with Gasteiger partial charge in [-0.2, -0.15) is 23.3 Å². The van der Waals surface area contributed by atoms with E-state index in [1.54, 1.807) is 11.6 Å². The third-order valence-corrected chi connectivity index (χ3v) is 5.64. The van der Waals surface area contributed by atoms with Crippen molar-refractivity contribution in [3.8, 4) is 0 Å². The van der Waals surface area contributed by atoms with E-state index in [1.807, 2.05) is 7.05 Å². The summed E-state index contributed by atoms with van der Waals surface area (Å²) in [5, 5.41) is 8.71. The summed E-state index contributed by atoms with van der Waals surface area (Å²) >= 11 is 5.96. The summed E-state index contributed by atoms with van der Waals surface area (Å²) in [5.74, 6) is 2.35. The van der Waals surface area contributed by atoms with Gasteiger partial charge >= 0.3 is 6.18 Å². The molecule has 0 aromatic carbocycles. The molecule has 4 heterocycles. The van der Waals surface area contributed by atoms with E-state index in [-0.39, 0.29) is 10.7 Å². The molecule has 1 aliphatic heterocycles. The Kier molecular flexibility index (Phi) is 4.92. The Bertz CT molecular complexity index is 1060. The lowest BCUT2D eigenvalue weighted by Crippen LogP contribution is -2.20. The Hall–Kier alpha value is -2.36. The Balaban J connectivity index is 1.58. The number of rotatable bonds is 4. The summed E-state index contributed by atoms with van der Waals surface area (Å²) in [4.78, 5) is 10.9. The van der Waals surface area contributed by atoms with E-state index in [1.165, 1.54) is 0 Å². The number of nitrogens with zero attached hydrogens (tertiary/aromatic N) is 7. The number of hydrogen-bond acceptors (Lipinski definition) is 5. The van der Waals surface area contributed by atoms with Crippen molar-refractivity contribution in [1.29, 1.82) is 0 Å². The third kappa shape index (κ3) is 3.77. The Labute approximate surface area is 170 Å². The fraction of sp³-hybridized carbons (Fsp3) is 0.556. The number of anilines is 1. The van der Waals surface area contributed by atoms with Gasteiger partial charge in [-0.25, -0.2) is 9.50 Å². The van der Waals surface area contributed by atoms with E-state index in [2.05, 4.69) is 32.0 Å². The number of fused-ring (bicyclic) bond motifs is 1. The first-order chi connectivity index (χ1) is 13.6. The van der Waals surface area contributed by atoms with Crippen LogP contribution in [0.5, 0.6) is 0 Å². The van der Waals surface area contributed by atoms with Crippen LogP contribution < -0.4 is 4.90 Å². The van der Waals surface area contributed by atoms with E-state index in [4.69, 9.17) is 11.6 Å². The van der Waals surface area contributed by atoms with Crippen molar-refractivity contribution in [2.75, 3.05) is 18.0 Å². The lowest BCUT2D eigenvalue weighted by atomic mass is 10.2. The predicted molar refractivity (Wildman–Crippen MR) is 102 cm³/mol. The summed E-state index contributed by atoms with van der Waals surface area (Å²) in [6.45, 7) is 5.67. The lowest BCUT2D eigenvalue weighted by Gasteiger charge is -2.11. The zero-order valence-corrected chi connectivity index (χ0v) is 17.1. The second-order valence-corrected chi connectivity index (χ2v) is 7.95. The van der Waals surface area contributed by atoms with Gasteiger partial charge in [-0.15, -0.1) is 5.10 Å². The lowest BCUT2D eigenvalue weighted by molar-refractivity contribution is -0.136. The number of halogens is 4. The van der Waals surface area contributed by atoms with Crippen molar-refractivity contribution < 1.29 is 13.2 Å². The molecule has 1 unspecified atom stereocenters. The highest BCUT2D eigenvalue weighted by atomic mass is 35.5. The summed E-state index contributed by atoms with van der Waals surface area (Å²) in [6.07, 6.45) is -2.63. The molecule has 1 aliphatic rings. The minimum Gasteiger partial charge on any atom is -0.339 e. The van der Waals surface area contributed by atoms with Gasteiger partial charge in [-0.05, 0) is 25.3 Å². The first kappa shape index (κ1) is 19.9. The maximum absolute atomic E-state index is 13.4. The average molecular weight is 428 g/mol. The van der Waals surface area contributed by atoms with E-state index in [9.17, 15) is 13.2 Å². The number of aromatic nitrogens is 6. The molecule has 0 saturated carbocycles. The van der Waals surface area contributed by atoms with E-state index in [0.717, 1.165) is 35.9 Å². The molecule has 0 radical (unpaired) electrons. The van der Waals surface area contributed by atoms with Gasteiger partial charge < -0.3 is 4.90 Å². The van der Waals surface area contributed by atoms with Crippen molar-refractivity contribution >= 4 is 23.2 Å². The van der Waals surface area contributed by atoms with Gasteiger partial charge in [-0.1, -0.05) is 18.5 Å². The van der Waals surface area contributed by atoms with Crippen LogP contribution in [-0.2, 0) is 26.1 Å². The van der Waals surface area contributed by atoms with Crippen LogP contribution in [0.15, 0.2) is 6.07 Å². The second kappa shape index (κ2) is 7.16. The summed E-state index contributed by atoms with van der Waals surface area (Å²) < 4.78 is 42.9. The van der Waals surface area contributed by atoms with Crippen molar-refractivity contribution in [2.45, 2.75) is 39.3 Å². The maximum Gasteiger partial charge on any atom is 0.420 e. The van der Waals surface area contributed by atoms with Gasteiger partial charge in [0.15, 0.2) is 11.5 Å². The van der Waals surface area contributed by atoms with Crippen LogP contribution >= 0.6 is 11.6 Å². The third-order valence-electron chi connectivity index (χ3n) is 5.25. The van der Waals surface area contributed by atoms with Crippen molar-refractivity contribution in [3.05, 3.63) is 34.0 Å². The summed E-state index contributed by atoms with van der Waals surface area (Å²) in [5.41, 5.74) is -0.715. The highest BCUT2D eigenvalue weighted by molar-refractivity contribution is 6.31. The number of pyridine rings is 1. The molecule has 11 heteroatoms. The molecule has 1 saturated heterocycles. The molecular formula is C18H21ClF3N7. The quantitative estimate of drug-likeness (QED) is 0.638. The van der Waals surface area contributed by atoms with E-state index in [0.29, 0.717) is 36.2 Å². The normalized spacial score (nSPS) is 17.6. The van der Waals surface area contributed by atoms with Crippen molar-refractivity contribution in [3.63, 3.8) is 0 Å². The molecule has 0 bridgehead atoms. The molecule has 0 aliphatic carbocycles. The molecule has 0 N–H and O–H groups in total. The molecule has 29 heavy (non-hydrogen) atoms. The highest BCUT2D eigenvalue weighted by Crippen LogP contribution is 2.35. The topological polar surface area (TPSA) is 64.1 Å². The molecule has 4 rings (SSSR count). The van der Waals surface area contributed by atoms with E-state index < -0.39 is 11.7 Å². The first-order valence-electron chi connectivity index (χ1n) is 9.40. The molecule has 3 aromatic heterocycles. The number of alkyl halides is 3. The fourth-order valence-electron chi connectivity index (χ4n) is 3.57. The zero-order chi connectivity index (χ0) is 20.9. The van der Waals surface area contributed by atoms with Gasteiger partial charge in [0.1, 0.15) is 11.4 Å². The SMILES string of the molecule is Cc1c(Cl)cc(C(F)(F)F)c2nc(CCc3nc(N4CCC(C)C4)nn3C)nn12. The summed E-state index contributed by atoms with van der Waals surface area (Å²) in [6, 6.07) is 0.899. The van der Waals surface area contributed by atoms with Crippen LogP contribution in [-0.4, -0.2) is 42.5 Å². The molecule has 156 valence electrons. The minimum atomic E-state index is -4.56. The molecule has 0 spiro atoms. The highest BCUT2D eigenvalue weighted by Gasteiger charge is 2.35. The summed E-state index contributed by atoms with van der Waals surface area (Å²) in [7, 11) is 1.81. The van der Waals surface area contributed by atoms with Gasteiger partial charge in [0.25, 0.3) is 0 Å². The van der Waals surface area contributed by atoms with Crippen LogP contribution in [0.2, 0.25) is 5.02 Å². The van der Waals surface area contributed by atoms with Crippen molar-refractivity contribution in [1.82, 2.24) is 29.4 Å². The average Bonchev–Trinajstić information content (AvgIpc) is 3.34. The van der Waals surface area contributed by atoms with Crippen LogP contribution in [0.1, 0.15) is 36.3 Å². The van der Waals surface area contributed by atoms with Crippen LogP contribution in [0.3, 0.4) is 0 Å². The van der Waals surface area contributed by atoms with E-state index >= 15 is 0 Å². The predicted octanol–water partition coefficient (Wildman–Crippen LogP) is 3.47. The molecule has 7 nitrogen and oxygen atoms in total. The van der Waals surface area contributed by atoms with Crippen molar-refractivity contribution in [2.24, 2.45) is 13.0 Å². The molecule has 0 amide bonds. The molecule has 3 aromatic rings.